The highest BCUT2D eigenvalue weighted by molar-refractivity contribution is 8.26. The van der Waals surface area contributed by atoms with Crippen LogP contribution in [0.15, 0.2) is 52.0 Å². The third kappa shape index (κ3) is 2.75. The molecule has 0 spiro atoms. The standard InChI is InChI=1S/C16H11NO3S2/c1-10-4-6-11(7-5-10)14(18)17-15(19)13(22-16(17)21)9-12-3-2-8-20-12/h2-9H,1H3/b13-9+. The SMILES string of the molecule is Cc1ccc(C(=O)N2C(=O)/C(=C\c3ccco3)SC2=S)cc1. The van der Waals surface area contributed by atoms with Crippen LogP contribution < -0.4 is 0 Å². The number of thioether (sulfide) groups is 1. The Hall–Kier alpha value is -2.18. The van der Waals surface area contributed by atoms with Gasteiger partial charge in [-0.3, -0.25) is 9.59 Å². The normalized spacial score (nSPS) is 16.6. The molecule has 6 heteroatoms. The van der Waals surface area contributed by atoms with Gasteiger partial charge in [-0.15, -0.1) is 0 Å². The van der Waals surface area contributed by atoms with Gasteiger partial charge in [-0.25, -0.2) is 4.90 Å². The summed E-state index contributed by atoms with van der Waals surface area (Å²) in [6, 6.07) is 10.5. The molecule has 110 valence electrons. The number of nitrogens with zero attached hydrogens (tertiary/aromatic N) is 1. The van der Waals surface area contributed by atoms with Crippen LogP contribution in [-0.4, -0.2) is 21.0 Å². The average molecular weight is 329 g/mol. The Bertz CT molecular complexity index is 776. The number of hydrogen-bond donors (Lipinski definition) is 0. The zero-order valence-corrected chi connectivity index (χ0v) is 13.2. The first-order chi connectivity index (χ1) is 10.6. The van der Waals surface area contributed by atoms with E-state index in [0.717, 1.165) is 22.2 Å². The molecule has 0 N–H and O–H groups in total. The van der Waals surface area contributed by atoms with Crippen LogP contribution in [0, 0.1) is 6.92 Å². The Morgan fingerprint density at radius 1 is 1.27 bits per heavy atom. The summed E-state index contributed by atoms with van der Waals surface area (Å²) in [4.78, 5) is 26.3. The minimum atomic E-state index is -0.419. The molecule has 0 bridgehead atoms. The quantitative estimate of drug-likeness (QED) is 0.478. The van der Waals surface area contributed by atoms with Crippen molar-refractivity contribution in [2.45, 2.75) is 6.92 Å². The summed E-state index contributed by atoms with van der Waals surface area (Å²) in [7, 11) is 0. The van der Waals surface area contributed by atoms with Crippen LogP contribution in [0.3, 0.4) is 0 Å². The molecule has 2 amide bonds. The lowest BCUT2D eigenvalue weighted by Crippen LogP contribution is -2.34. The minimum absolute atomic E-state index is 0.230. The predicted molar refractivity (Wildman–Crippen MR) is 89.2 cm³/mol. The molecule has 1 aliphatic heterocycles. The van der Waals surface area contributed by atoms with E-state index < -0.39 is 11.8 Å². The van der Waals surface area contributed by atoms with Gasteiger partial charge in [-0.05, 0) is 31.2 Å². The van der Waals surface area contributed by atoms with Gasteiger partial charge in [0.25, 0.3) is 11.8 Å². The van der Waals surface area contributed by atoms with Gasteiger partial charge in [0.2, 0.25) is 0 Å². The van der Waals surface area contributed by atoms with E-state index in [-0.39, 0.29) is 4.32 Å². The summed E-state index contributed by atoms with van der Waals surface area (Å²) >= 11 is 6.26. The summed E-state index contributed by atoms with van der Waals surface area (Å²) in [5.74, 6) is -0.286. The van der Waals surface area contributed by atoms with Crippen molar-refractivity contribution in [1.82, 2.24) is 4.90 Å². The second kappa shape index (κ2) is 5.90. The number of hydrogen-bond acceptors (Lipinski definition) is 5. The Morgan fingerprint density at radius 2 is 2.00 bits per heavy atom. The Kier molecular flexibility index (Phi) is 3.96. The summed E-state index contributed by atoms with van der Waals surface area (Å²) < 4.78 is 5.41. The van der Waals surface area contributed by atoms with E-state index in [1.165, 1.54) is 6.26 Å². The summed E-state index contributed by atoms with van der Waals surface area (Å²) in [5.41, 5.74) is 1.47. The van der Waals surface area contributed by atoms with Crippen molar-refractivity contribution in [3.63, 3.8) is 0 Å². The highest BCUT2D eigenvalue weighted by Crippen LogP contribution is 2.33. The van der Waals surface area contributed by atoms with Crippen molar-refractivity contribution >= 4 is 46.2 Å². The molecule has 0 saturated carbocycles. The fourth-order valence-corrected chi connectivity index (χ4v) is 3.20. The highest BCUT2D eigenvalue weighted by atomic mass is 32.2. The number of rotatable bonds is 2. The molecule has 1 aromatic heterocycles. The number of amides is 2. The van der Waals surface area contributed by atoms with E-state index in [2.05, 4.69) is 0 Å². The van der Waals surface area contributed by atoms with E-state index in [1.807, 2.05) is 19.1 Å². The number of benzene rings is 1. The predicted octanol–water partition coefficient (Wildman–Crippen LogP) is 3.63. The molecule has 2 heterocycles. The van der Waals surface area contributed by atoms with Crippen LogP contribution in [0.25, 0.3) is 6.08 Å². The van der Waals surface area contributed by atoms with Crippen LogP contribution in [0.2, 0.25) is 0 Å². The van der Waals surface area contributed by atoms with E-state index in [4.69, 9.17) is 16.6 Å². The molecule has 4 nitrogen and oxygen atoms in total. The molecule has 0 atom stereocenters. The fourth-order valence-electron chi connectivity index (χ4n) is 1.97. The molecule has 0 aliphatic carbocycles. The molecule has 1 saturated heterocycles. The Labute approximate surface area is 136 Å². The molecule has 0 radical (unpaired) electrons. The van der Waals surface area contributed by atoms with Gasteiger partial charge in [0.05, 0.1) is 11.2 Å². The lowest BCUT2D eigenvalue weighted by molar-refractivity contribution is -0.120. The third-order valence-electron chi connectivity index (χ3n) is 3.11. The molecule has 1 aliphatic rings. The molecule has 1 aromatic carbocycles. The van der Waals surface area contributed by atoms with Gasteiger partial charge in [-0.2, -0.15) is 0 Å². The molecule has 1 fully saturated rings. The molecule has 22 heavy (non-hydrogen) atoms. The van der Waals surface area contributed by atoms with Crippen LogP contribution in [0.4, 0.5) is 0 Å². The van der Waals surface area contributed by atoms with Crippen molar-refractivity contribution in [3.8, 4) is 0 Å². The molecular formula is C16H11NO3S2. The number of aryl methyl sites for hydroxylation is 1. The van der Waals surface area contributed by atoms with Crippen LogP contribution in [0.1, 0.15) is 21.7 Å². The summed E-state index contributed by atoms with van der Waals surface area (Å²) in [5, 5.41) is 0. The van der Waals surface area contributed by atoms with Crippen LogP contribution >= 0.6 is 24.0 Å². The fraction of sp³-hybridized carbons (Fsp3) is 0.0625. The number of imide groups is 1. The van der Waals surface area contributed by atoms with Gasteiger partial charge in [-0.1, -0.05) is 41.7 Å². The van der Waals surface area contributed by atoms with Gasteiger partial charge in [0.15, 0.2) is 4.32 Å². The van der Waals surface area contributed by atoms with E-state index in [1.54, 1.807) is 30.3 Å². The first kappa shape index (κ1) is 14.7. The second-order valence-electron chi connectivity index (χ2n) is 4.70. The van der Waals surface area contributed by atoms with Gasteiger partial charge in [0.1, 0.15) is 5.76 Å². The first-order valence-corrected chi connectivity index (χ1v) is 7.71. The minimum Gasteiger partial charge on any atom is -0.465 e. The Balaban J connectivity index is 1.88. The van der Waals surface area contributed by atoms with Gasteiger partial charge >= 0.3 is 0 Å². The lowest BCUT2D eigenvalue weighted by atomic mass is 10.1. The molecular weight excluding hydrogens is 318 g/mol. The first-order valence-electron chi connectivity index (χ1n) is 6.49. The lowest BCUT2D eigenvalue weighted by Gasteiger charge is -2.12. The third-order valence-corrected chi connectivity index (χ3v) is 4.41. The van der Waals surface area contributed by atoms with Crippen molar-refractivity contribution in [2.24, 2.45) is 0 Å². The second-order valence-corrected chi connectivity index (χ2v) is 6.38. The number of carbonyl (C=O) groups is 2. The maximum absolute atomic E-state index is 12.5. The zero-order chi connectivity index (χ0) is 15.7. The summed E-state index contributed by atoms with van der Waals surface area (Å²) in [6.45, 7) is 1.93. The van der Waals surface area contributed by atoms with Gasteiger partial charge < -0.3 is 4.42 Å². The van der Waals surface area contributed by atoms with Crippen molar-refractivity contribution < 1.29 is 14.0 Å². The van der Waals surface area contributed by atoms with Crippen molar-refractivity contribution in [3.05, 3.63) is 64.5 Å². The number of furan rings is 1. The summed E-state index contributed by atoms with van der Waals surface area (Å²) in [6.07, 6.45) is 3.10. The molecule has 3 rings (SSSR count). The van der Waals surface area contributed by atoms with E-state index >= 15 is 0 Å². The van der Waals surface area contributed by atoms with Crippen LogP contribution in [0.5, 0.6) is 0 Å². The van der Waals surface area contributed by atoms with Crippen molar-refractivity contribution in [1.29, 1.82) is 0 Å². The topological polar surface area (TPSA) is 50.5 Å². The zero-order valence-electron chi connectivity index (χ0n) is 11.6. The van der Waals surface area contributed by atoms with E-state index in [0.29, 0.717) is 16.2 Å². The average Bonchev–Trinajstić information content (AvgIpc) is 3.09. The maximum atomic E-state index is 12.5. The van der Waals surface area contributed by atoms with Crippen molar-refractivity contribution in [2.75, 3.05) is 0 Å². The number of carbonyl (C=O) groups excluding carboxylic acids is 2. The monoisotopic (exact) mass is 329 g/mol. The van der Waals surface area contributed by atoms with Gasteiger partial charge in [0, 0.05) is 11.6 Å². The number of thiocarbonyl (C=S) groups is 1. The van der Waals surface area contributed by atoms with E-state index in [9.17, 15) is 9.59 Å². The maximum Gasteiger partial charge on any atom is 0.273 e. The molecule has 0 unspecified atom stereocenters. The highest BCUT2D eigenvalue weighted by Gasteiger charge is 2.37. The van der Waals surface area contributed by atoms with Crippen LogP contribution in [-0.2, 0) is 4.79 Å². The molecule has 2 aromatic rings. The smallest absolute Gasteiger partial charge is 0.273 e. The Morgan fingerprint density at radius 3 is 2.64 bits per heavy atom. The largest absolute Gasteiger partial charge is 0.465 e.